The second-order valence-corrected chi connectivity index (χ2v) is 6.17. The van der Waals surface area contributed by atoms with Crippen molar-refractivity contribution < 1.29 is 4.74 Å². The molecule has 3 heteroatoms. The highest BCUT2D eigenvalue weighted by Gasteiger charge is 2.32. The Bertz CT molecular complexity index is 681. The summed E-state index contributed by atoms with van der Waals surface area (Å²) in [6.07, 6.45) is 8.54. The second-order valence-electron chi connectivity index (χ2n) is 6.17. The minimum Gasteiger partial charge on any atom is -0.487 e. The fourth-order valence-corrected chi connectivity index (χ4v) is 3.36. The standard InChI is InChI=1S/C19H20N2O/c1-2-4-15(5-3-1)14-22-19-10-17(11-20-12-19)9-18-8-16-6-7-21(18)13-16/h1-5,9-12,16H,6-8,13-14H2. The van der Waals surface area contributed by atoms with Crippen LogP contribution in [0.4, 0.5) is 0 Å². The van der Waals surface area contributed by atoms with Crippen molar-refractivity contribution in [2.45, 2.75) is 19.4 Å². The van der Waals surface area contributed by atoms with E-state index >= 15 is 0 Å². The van der Waals surface area contributed by atoms with E-state index in [9.17, 15) is 0 Å². The van der Waals surface area contributed by atoms with E-state index < -0.39 is 0 Å². The highest BCUT2D eigenvalue weighted by Crippen LogP contribution is 2.36. The number of ether oxygens (including phenoxy) is 1. The average Bonchev–Trinajstić information content (AvgIpc) is 3.17. The van der Waals surface area contributed by atoms with Gasteiger partial charge in [0.25, 0.3) is 0 Å². The van der Waals surface area contributed by atoms with Gasteiger partial charge in [-0.25, -0.2) is 0 Å². The number of hydrogen-bond acceptors (Lipinski definition) is 3. The highest BCUT2D eigenvalue weighted by molar-refractivity contribution is 5.54. The maximum absolute atomic E-state index is 5.85. The Balaban J connectivity index is 1.45. The number of fused-ring (bicyclic) bond motifs is 2. The lowest BCUT2D eigenvalue weighted by molar-refractivity contribution is 0.305. The molecule has 112 valence electrons. The molecule has 2 aliphatic heterocycles. The lowest BCUT2D eigenvalue weighted by Gasteiger charge is -2.18. The van der Waals surface area contributed by atoms with E-state index in [1.54, 1.807) is 6.20 Å². The molecule has 1 aromatic heterocycles. The summed E-state index contributed by atoms with van der Waals surface area (Å²) in [6.45, 7) is 3.04. The quantitative estimate of drug-likeness (QED) is 0.858. The van der Waals surface area contributed by atoms with Crippen molar-refractivity contribution in [2.75, 3.05) is 13.1 Å². The van der Waals surface area contributed by atoms with E-state index in [4.69, 9.17) is 4.74 Å². The Kier molecular flexibility index (Phi) is 3.55. The molecule has 0 radical (unpaired) electrons. The highest BCUT2D eigenvalue weighted by atomic mass is 16.5. The molecule has 1 unspecified atom stereocenters. The largest absolute Gasteiger partial charge is 0.487 e. The van der Waals surface area contributed by atoms with Gasteiger partial charge in [0.1, 0.15) is 12.4 Å². The van der Waals surface area contributed by atoms with Gasteiger partial charge < -0.3 is 9.64 Å². The zero-order valence-electron chi connectivity index (χ0n) is 12.6. The summed E-state index contributed by atoms with van der Waals surface area (Å²) in [5.41, 5.74) is 3.76. The molecule has 1 aromatic carbocycles. The summed E-state index contributed by atoms with van der Waals surface area (Å²) in [6, 6.07) is 12.3. The lowest BCUT2D eigenvalue weighted by Crippen LogP contribution is -2.14. The maximum Gasteiger partial charge on any atom is 0.138 e. The summed E-state index contributed by atoms with van der Waals surface area (Å²) in [5.74, 6) is 1.70. The van der Waals surface area contributed by atoms with Crippen LogP contribution in [-0.4, -0.2) is 23.0 Å². The zero-order chi connectivity index (χ0) is 14.8. The van der Waals surface area contributed by atoms with Gasteiger partial charge in [-0.1, -0.05) is 30.3 Å². The third-order valence-electron chi connectivity index (χ3n) is 4.51. The van der Waals surface area contributed by atoms with Crippen LogP contribution in [0.2, 0.25) is 0 Å². The van der Waals surface area contributed by atoms with E-state index in [-0.39, 0.29) is 0 Å². The third-order valence-corrected chi connectivity index (χ3v) is 4.51. The number of benzene rings is 1. The molecule has 0 aliphatic carbocycles. The number of aromatic nitrogens is 1. The van der Waals surface area contributed by atoms with Crippen LogP contribution in [0.5, 0.6) is 5.75 Å². The van der Waals surface area contributed by atoms with E-state index in [1.165, 1.54) is 37.2 Å². The fraction of sp³-hybridized carbons (Fsp3) is 0.316. The van der Waals surface area contributed by atoms with Crippen LogP contribution >= 0.6 is 0 Å². The topological polar surface area (TPSA) is 25.4 Å². The summed E-state index contributed by atoms with van der Waals surface area (Å²) in [4.78, 5) is 6.82. The molecular weight excluding hydrogens is 272 g/mol. The van der Waals surface area contributed by atoms with Crippen molar-refractivity contribution >= 4 is 6.08 Å². The normalized spacial score (nSPS) is 21.5. The molecule has 4 rings (SSSR count). The van der Waals surface area contributed by atoms with Gasteiger partial charge in [-0.3, -0.25) is 4.98 Å². The number of pyridine rings is 1. The van der Waals surface area contributed by atoms with Crippen LogP contribution in [0.15, 0.2) is 54.5 Å². The summed E-state index contributed by atoms with van der Waals surface area (Å²) in [7, 11) is 0. The fourth-order valence-electron chi connectivity index (χ4n) is 3.36. The summed E-state index contributed by atoms with van der Waals surface area (Å²) < 4.78 is 5.85. The molecule has 0 spiro atoms. The minimum atomic E-state index is 0.580. The van der Waals surface area contributed by atoms with Gasteiger partial charge in [0.2, 0.25) is 0 Å². The van der Waals surface area contributed by atoms with Gasteiger partial charge in [0.05, 0.1) is 6.20 Å². The molecule has 22 heavy (non-hydrogen) atoms. The number of allylic oxidation sites excluding steroid dienone is 1. The van der Waals surface area contributed by atoms with Crippen molar-refractivity contribution in [3.8, 4) is 5.75 Å². The smallest absolute Gasteiger partial charge is 0.138 e. The molecule has 0 amide bonds. The Morgan fingerprint density at radius 3 is 2.91 bits per heavy atom. The summed E-state index contributed by atoms with van der Waals surface area (Å²) in [5, 5.41) is 0. The predicted molar refractivity (Wildman–Crippen MR) is 87.3 cm³/mol. The molecule has 0 N–H and O–H groups in total. The Labute approximate surface area is 131 Å². The van der Waals surface area contributed by atoms with Crippen LogP contribution < -0.4 is 4.74 Å². The van der Waals surface area contributed by atoms with E-state index in [0.717, 1.165) is 17.2 Å². The first-order chi connectivity index (χ1) is 10.9. The molecule has 2 saturated heterocycles. The number of nitrogens with zero attached hydrogens (tertiary/aromatic N) is 2. The molecule has 2 bridgehead atoms. The first-order valence-corrected chi connectivity index (χ1v) is 7.94. The monoisotopic (exact) mass is 292 g/mol. The Morgan fingerprint density at radius 1 is 1.23 bits per heavy atom. The van der Waals surface area contributed by atoms with Crippen LogP contribution in [-0.2, 0) is 6.61 Å². The number of hydrogen-bond donors (Lipinski definition) is 0. The minimum absolute atomic E-state index is 0.580. The van der Waals surface area contributed by atoms with Crippen LogP contribution in [0, 0.1) is 5.92 Å². The SMILES string of the molecule is C(=C1CC2CCN1C2)c1cncc(OCc2ccccc2)c1. The van der Waals surface area contributed by atoms with E-state index in [2.05, 4.69) is 34.2 Å². The third kappa shape index (κ3) is 2.84. The van der Waals surface area contributed by atoms with Gasteiger partial charge in [-0.05, 0) is 42.0 Å². The molecular formula is C19H20N2O. The van der Waals surface area contributed by atoms with Crippen LogP contribution in [0.1, 0.15) is 24.0 Å². The zero-order valence-corrected chi connectivity index (χ0v) is 12.6. The van der Waals surface area contributed by atoms with Gasteiger partial charge in [-0.2, -0.15) is 0 Å². The molecule has 1 atom stereocenters. The first-order valence-electron chi connectivity index (χ1n) is 7.94. The van der Waals surface area contributed by atoms with Crippen molar-refractivity contribution in [2.24, 2.45) is 5.92 Å². The maximum atomic E-state index is 5.85. The molecule has 2 fully saturated rings. The van der Waals surface area contributed by atoms with Crippen LogP contribution in [0.3, 0.4) is 0 Å². The predicted octanol–water partition coefficient (Wildman–Crippen LogP) is 3.73. The van der Waals surface area contributed by atoms with Crippen molar-refractivity contribution in [3.63, 3.8) is 0 Å². The molecule has 2 aliphatic rings. The molecule has 2 aromatic rings. The second kappa shape index (κ2) is 5.84. The van der Waals surface area contributed by atoms with Crippen molar-refractivity contribution in [3.05, 3.63) is 65.6 Å². The van der Waals surface area contributed by atoms with E-state index in [1.807, 2.05) is 24.4 Å². The lowest BCUT2D eigenvalue weighted by atomic mass is 10.0. The number of rotatable bonds is 4. The molecule has 0 saturated carbocycles. The summed E-state index contributed by atoms with van der Waals surface area (Å²) >= 11 is 0. The molecule has 3 nitrogen and oxygen atoms in total. The molecule has 3 heterocycles. The van der Waals surface area contributed by atoms with E-state index in [0.29, 0.717) is 6.61 Å². The first kappa shape index (κ1) is 13.4. The van der Waals surface area contributed by atoms with Gasteiger partial charge in [0, 0.05) is 25.0 Å². The van der Waals surface area contributed by atoms with Crippen molar-refractivity contribution in [1.29, 1.82) is 0 Å². The number of piperidine rings is 1. The van der Waals surface area contributed by atoms with Gasteiger partial charge in [-0.15, -0.1) is 0 Å². The van der Waals surface area contributed by atoms with Crippen molar-refractivity contribution in [1.82, 2.24) is 9.88 Å². The average molecular weight is 292 g/mol. The Hall–Kier alpha value is -2.29. The van der Waals surface area contributed by atoms with Gasteiger partial charge >= 0.3 is 0 Å². The Morgan fingerprint density at radius 2 is 2.14 bits per heavy atom. The van der Waals surface area contributed by atoms with Crippen LogP contribution in [0.25, 0.3) is 6.08 Å². The van der Waals surface area contributed by atoms with Gasteiger partial charge in [0.15, 0.2) is 0 Å².